The first-order valence-corrected chi connectivity index (χ1v) is 8.91. The number of carbonyl (C=O) groups is 3. The van der Waals surface area contributed by atoms with Gasteiger partial charge >= 0.3 is 11.9 Å². The summed E-state index contributed by atoms with van der Waals surface area (Å²) in [6, 6.07) is 0. The lowest BCUT2D eigenvalue weighted by Gasteiger charge is -2.23. The van der Waals surface area contributed by atoms with Crippen LogP contribution in [0.3, 0.4) is 0 Å². The topological polar surface area (TPSA) is 167 Å². The van der Waals surface area contributed by atoms with Crippen molar-refractivity contribution in [2.24, 2.45) is 0 Å². The summed E-state index contributed by atoms with van der Waals surface area (Å²) < 4.78 is 33.9. The van der Waals surface area contributed by atoms with E-state index in [0.29, 0.717) is 0 Å². The van der Waals surface area contributed by atoms with Gasteiger partial charge in [-0.1, -0.05) is 19.7 Å². The molecule has 0 unspecified atom stereocenters. The van der Waals surface area contributed by atoms with Crippen LogP contribution in [0.1, 0.15) is 20.8 Å². The number of rotatable bonds is 8. The molecule has 0 aromatic carbocycles. The predicted octanol–water partition coefficient (Wildman–Crippen LogP) is 0.310. The van der Waals surface area contributed by atoms with Crippen molar-refractivity contribution in [2.75, 3.05) is 19.0 Å². The molecule has 11 heteroatoms. The molecule has 0 fully saturated rings. The molecule has 0 spiro atoms. The second-order valence-corrected chi connectivity index (χ2v) is 6.94. The number of carboxylic acids is 1. The number of hydrogen-bond acceptors (Lipinski definition) is 7. The molecule has 0 aliphatic heterocycles. The first-order valence-electron chi connectivity index (χ1n) is 7.30. The number of aliphatic carboxylic acids is 1. The van der Waals surface area contributed by atoms with Gasteiger partial charge in [-0.25, -0.2) is 9.59 Å². The largest absolute Gasteiger partial charge is 0.478 e. The fourth-order valence-corrected chi connectivity index (χ4v) is 2.07. The molecule has 4 N–H and O–H groups in total. The Balaban J connectivity index is -0.000000351. The Hall–Kier alpha value is -2.50. The van der Waals surface area contributed by atoms with Crippen molar-refractivity contribution >= 4 is 28.0 Å². The van der Waals surface area contributed by atoms with E-state index in [9.17, 15) is 22.8 Å². The van der Waals surface area contributed by atoms with Crippen LogP contribution in [0.5, 0.6) is 0 Å². The molecule has 156 valence electrons. The van der Waals surface area contributed by atoms with Gasteiger partial charge in [-0.3, -0.25) is 9.35 Å². The summed E-state index contributed by atoms with van der Waals surface area (Å²) in [6.07, 6.45) is 2.08. The van der Waals surface area contributed by atoms with Gasteiger partial charge in [0, 0.05) is 11.6 Å². The molecule has 0 heterocycles. The second-order valence-electron chi connectivity index (χ2n) is 5.48. The van der Waals surface area contributed by atoms with E-state index in [2.05, 4.69) is 29.8 Å². The van der Waals surface area contributed by atoms with Crippen LogP contribution in [-0.4, -0.2) is 65.5 Å². The van der Waals surface area contributed by atoms with Gasteiger partial charge in [0.15, 0.2) is 0 Å². The van der Waals surface area contributed by atoms with E-state index >= 15 is 0 Å². The monoisotopic (exact) mass is 409 g/mol. The van der Waals surface area contributed by atoms with E-state index in [1.807, 2.05) is 0 Å². The van der Waals surface area contributed by atoms with E-state index in [1.54, 1.807) is 0 Å². The number of nitrogens with one attached hydrogen (secondary N) is 1. The molecule has 0 saturated carbocycles. The number of amides is 1. The Morgan fingerprint density at radius 3 is 1.89 bits per heavy atom. The van der Waals surface area contributed by atoms with E-state index in [4.69, 9.17) is 14.8 Å². The number of aliphatic hydroxyl groups is 1. The number of carbonyl (C=O) groups excluding carboxylic acids is 2. The number of carboxylic acid groups (broad SMARTS) is 1. The predicted molar refractivity (Wildman–Crippen MR) is 99.5 cm³/mol. The van der Waals surface area contributed by atoms with E-state index in [1.165, 1.54) is 20.8 Å². The van der Waals surface area contributed by atoms with Crippen LogP contribution in [0.2, 0.25) is 0 Å². The van der Waals surface area contributed by atoms with Gasteiger partial charge in [0.05, 0.1) is 17.9 Å². The minimum atomic E-state index is -4.08. The van der Waals surface area contributed by atoms with Crippen molar-refractivity contribution in [2.45, 2.75) is 26.3 Å². The van der Waals surface area contributed by atoms with Crippen molar-refractivity contribution in [3.05, 3.63) is 37.5 Å². The second kappa shape index (κ2) is 14.6. The van der Waals surface area contributed by atoms with Crippen molar-refractivity contribution in [1.82, 2.24) is 5.32 Å². The first kappa shape index (κ1) is 29.3. The number of ether oxygens (including phenoxy) is 1. The molecule has 0 bridgehead atoms. The van der Waals surface area contributed by atoms with Gasteiger partial charge in [-0.15, -0.1) is 0 Å². The van der Waals surface area contributed by atoms with Crippen LogP contribution in [0, 0.1) is 0 Å². The zero-order chi connectivity index (χ0) is 22.3. The first-order chi connectivity index (χ1) is 12.1. The van der Waals surface area contributed by atoms with Crippen LogP contribution in [0.4, 0.5) is 0 Å². The van der Waals surface area contributed by atoms with Gasteiger partial charge in [0.25, 0.3) is 10.1 Å². The smallest absolute Gasteiger partial charge is 0.330 e. The van der Waals surface area contributed by atoms with Crippen LogP contribution < -0.4 is 5.32 Å². The highest BCUT2D eigenvalue weighted by Crippen LogP contribution is 2.05. The van der Waals surface area contributed by atoms with Crippen molar-refractivity contribution in [1.29, 1.82) is 0 Å². The molecule has 1 amide bonds. The Labute approximate surface area is 159 Å². The molecule has 10 nitrogen and oxygen atoms in total. The highest BCUT2D eigenvalue weighted by molar-refractivity contribution is 7.85. The summed E-state index contributed by atoms with van der Waals surface area (Å²) in [4.78, 5) is 30.5. The van der Waals surface area contributed by atoms with Gasteiger partial charge in [0.1, 0.15) is 6.61 Å². The van der Waals surface area contributed by atoms with Crippen LogP contribution in [-0.2, 0) is 29.2 Å². The third-order valence-corrected chi connectivity index (χ3v) is 3.14. The normalized spacial score (nSPS) is 9.96. The molecular weight excluding hydrogens is 382 g/mol. The molecule has 0 aliphatic rings. The van der Waals surface area contributed by atoms with Gasteiger partial charge < -0.3 is 20.3 Å². The Bertz CT molecular complexity index is 624. The average Bonchev–Trinajstić information content (AvgIpc) is 2.50. The molecule has 0 aliphatic carbocycles. The zero-order valence-corrected chi connectivity index (χ0v) is 16.4. The molecule has 0 aromatic rings. The van der Waals surface area contributed by atoms with Crippen LogP contribution in [0.15, 0.2) is 37.5 Å². The zero-order valence-electron chi connectivity index (χ0n) is 15.6. The summed E-state index contributed by atoms with van der Waals surface area (Å²) in [5.41, 5.74) is -0.825. The summed E-state index contributed by atoms with van der Waals surface area (Å²) in [6.45, 7) is 13.9. The third-order valence-electron chi connectivity index (χ3n) is 2.06. The number of esters is 1. The van der Waals surface area contributed by atoms with Crippen molar-refractivity contribution in [3.63, 3.8) is 0 Å². The van der Waals surface area contributed by atoms with E-state index < -0.39 is 39.3 Å². The maximum Gasteiger partial charge on any atom is 0.330 e. The SMILES string of the molecule is C=C(C)C(=O)O.C=CC(=O)NC(C)(C)CS(=O)(=O)O.C=CC(=O)OCCO. The molecule has 0 saturated heterocycles. The minimum absolute atomic E-state index is 0.0465. The van der Waals surface area contributed by atoms with Gasteiger partial charge in [0.2, 0.25) is 5.91 Å². The average molecular weight is 409 g/mol. The molecule has 27 heavy (non-hydrogen) atoms. The molecular formula is C16H27NO9S. The number of aliphatic hydroxyl groups excluding tert-OH is 1. The fourth-order valence-electron chi connectivity index (χ4n) is 1.08. The van der Waals surface area contributed by atoms with Crippen molar-refractivity contribution in [3.8, 4) is 0 Å². The standard InChI is InChI=1S/C7H13NO4S.C5H8O3.C4H6O2/c1-4-6(9)8-7(2,3)5-13(10,11)12;1-2-5(7)8-4-3-6;1-3(2)4(5)6/h4H,1,5H2,2-3H3,(H,8,9)(H,10,11,12);2,6H,1,3-4H2;1H2,2H3,(H,5,6). The van der Waals surface area contributed by atoms with Gasteiger partial charge in [-0.2, -0.15) is 8.42 Å². The van der Waals surface area contributed by atoms with Crippen LogP contribution in [0.25, 0.3) is 0 Å². The summed E-state index contributed by atoms with van der Waals surface area (Å²) >= 11 is 0. The molecule has 0 rings (SSSR count). The summed E-state index contributed by atoms with van der Waals surface area (Å²) in [5, 5.41) is 18.4. The Kier molecular flexibility index (Phi) is 15.9. The lowest BCUT2D eigenvalue weighted by molar-refractivity contribution is -0.138. The lowest BCUT2D eigenvalue weighted by Crippen LogP contribution is -2.47. The third kappa shape index (κ3) is 25.8. The highest BCUT2D eigenvalue weighted by Gasteiger charge is 2.25. The summed E-state index contributed by atoms with van der Waals surface area (Å²) in [5.74, 6) is -2.44. The fraction of sp³-hybridized carbons (Fsp3) is 0.438. The Morgan fingerprint density at radius 2 is 1.63 bits per heavy atom. The maximum atomic E-state index is 10.8. The Morgan fingerprint density at radius 1 is 1.19 bits per heavy atom. The highest BCUT2D eigenvalue weighted by atomic mass is 32.2. The van der Waals surface area contributed by atoms with Gasteiger partial charge in [-0.05, 0) is 26.8 Å². The summed E-state index contributed by atoms with van der Waals surface area (Å²) in [7, 11) is -4.08. The van der Waals surface area contributed by atoms with Crippen molar-refractivity contribution < 1.29 is 42.3 Å². The molecule has 0 aromatic heterocycles. The lowest BCUT2D eigenvalue weighted by atomic mass is 10.1. The maximum absolute atomic E-state index is 10.8. The molecule has 0 radical (unpaired) electrons. The van der Waals surface area contributed by atoms with E-state index in [-0.39, 0.29) is 18.8 Å². The quantitative estimate of drug-likeness (QED) is 0.250. The molecule has 0 atom stereocenters. The number of hydrogen-bond donors (Lipinski definition) is 4. The van der Waals surface area contributed by atoms with E-state index in [0.717, 1.165) is 12.2 Å². The van der Waals surface area contributed by atoms with Crippen LogP contribution >= 0.6 is 0 Å². The minimum Gasteiger partial charge on any atom is -0.478 e.